The molecule has 0 unspecified atom stereocenters. The highest BCUT2D eigenvalue weighted by Crippen LogP contribution is 2.25. The van der Waals surface area contributed by atoms with Crippen LogP contribution in [0.1, 0.15) is 25.5 Å². The summed E-state index contributed by atoms with van der Waals surface area (Å²) in [5.74, 6) is 0. The van der Waals surface area contributed by atoms with E-state index in [0.29, 0.717) is 6.04 Å². The predicted octanol–water partition coefficient (Wildman–Crippen LogP) is 3.02. The fraction of sp³-hybridized carbons (Fsp3) is 0.308. The van der Waals surface area contributed by atoms with Gasteiger partial charge in [-0.25, -0.2) is 0 Å². The van der Waals surface area contributed by atoms with Gasteiger partial charge in [-0.1, -0.05) is 0 Å². The number of aromatic nitrogens is 2. The van der Waals surface area contributed by atoms with E-state index in [1.54, 1.807) is 0 Å². The maximum Gasteiger partial charge on any atom is 0.0686 e. The summed E-state index contributed by atoms with van der Waals surface area (Å²) < 4.78 is 2.01. The molecular formula is C13H17N3. The Morgan fingerprint density at radius 3 is 2.62 bits per heavy atom. The quantitative estimate of drug-likeness (QED) is 0.782. The SMILES string of the molecule is Cc1cc(N)cc(-c2ccnn2C(C)C)c1. The van der Waals surface area contributed by atoms with E-state index in [1.807, 2.05) is 29.1 Å². The van der Waals surface area contributed by atoms with E-state index in [9.17, 15) is 0 Å². The van der Waals surface area contributed by atoms with Gasteiger partial charge in [-0.05, 0) is 50.6 Å². The maximum atomic E-state index is 5.86. The summed E-state index contributed by atoms with van der Waals surface area (Å²) in [4.78, 5) is 0. The number of nitrogens with zero attached hydrogens (tertiary/aromatic N) is 2. The van der Waals surface area contributed by atoms with E-state index >= 15 is 0 Å². The zero-order chi connectivity index (χ0) is 11.7. The van der Waals surface area contributed by atoms with Gasteiger partial charge in [-0.2, -0.15) is 5.10 Å². The molecule has 2 rings (SSSR count). The Morgan fingerprint density at radius 1 is 1.25 bits per heavy atom. The number of hydrogen-bond acceptors (Lipinski definition) is 2. The number of anilines is 1. The minimum absolute atomic E-state index is 0.353. The van der Waals surface area contributed by atoms with Gasteiger partial charge in [-0.3, -0.25) is 4.68 Å². The van der Waals surface area contributed by atoms with Gasteiger partial charge < -0.3 is 5.73 Å². The molecule has 1 heterocycles. The number of hydrogen-bond donors (Lipinski definition) is 1. The Kier molecular flexibility index (Phi) is 2.69. The van der Waals surface area contributed by atoms with Crippen LogP contribution in [0.25, 0.3) is 11.3 Å². The van der Waals surface area contributed by atoms with E-state index in [-0.39, 0.29) is 0 Å². The molecule has 3 heteroatoms. The molecule has 0 spiro atoms. The first kappa shape index (κ1) is 10.7. The molecule has 16 heavy (non-hydrogen) atoms. The largest absolute Gasteiger partial charge is 0.399 e. The van der Waals surface area contributed by atoms with Crippen molar-refractivity contribution in [2.75, 3.05) is 5.73 Å². The molecule has 0 saturated carbocycles. The normalized spacial score (nSPS) is 11.0. The van der Waals surface area contributed by atoms with Gasteiger partial charge in [0.15, 0.2) is 0 Å². The summed E-state index contributed by atoms with van der Waals surface area (Å²) >= 11 is 0. The molecule has 1 aromatic heterocycles. The third-order valence-corrected chi connectivity index (χ3v) is 2.55. The first-order valence-electron chi connectivity index (χ1n) is 5.49. The Morgan fingerprint density at radius 2 is 2.00 bits per heavy atom. The van der Waals surface area contributed by atoms with Crippen LogP contribution in [-0.2, 0) is 0 Å². The van der Waals surface area contributed by atoms with Crippen LogP contribution in [0.5, 0.6) is 0 Å². The highest BCUT2D eigenvalue weighted by Gasteiger charge is 2.08. The molecule has 2 aromatic rings. The van der Waals surface area contributed by atoms with Crippen molar-refractivity contribution in [3.63, 3.8) is 0 Å². The summed E-state index contributed by atoms with van der Waals surface area (Å²) in [5, 5.41) is 4.33. The zero-order valence-corrected chi connectivity index (χ0v) is 9.94. The fourth-order valence-electron chi connectivity index (χ4n) is 1.91. The molecule has 0 amide bonds. The van der Waals surface area contributed by atoms with Crippen LogP contribution in [0.4, 0.5) is 5.69 Å². The van der Waals surface area contributed by atoms with Crippen LogP contribution < -0.4 is 5.73 Å². The lowest BCUT2D eigenvalue weighted by molar-refractivity contribution is 0.538. The number of rotatable bonds is 2. The van der Waals surface area contributed by atoms with Crippen LogP contribution in [0, 0.1) is 6.92 Å². The summed E-state index contributed by atoms with van der Waals surface area (Å²) in [6.07, 6.45) is 1.83. The molecule has 0 atom stereocenters. The van der Waals surface area contributed by atoms with Crippen LogP contribution in [0.3, 0.4) is 0 Å². The monoisotopic (exact) mass is 215 g/mol. The van der Waals surface area contributed by atoms with Crippen molar-refractivity contribution in [2.45, 2.75) is 26.8 Å². The van der Waals surface area contributed by atoms with E-state index in [2.05, 4.69) is 31.9 Å². The van der Waals surface area contributed by atoms with Crippen molar-refractivity contribution < 1.29 is 0 Å². The van der Waals surface area contributed by atoms with E-state index in [0.717, 1.165) is 16.9 Å². The predicted molar refractivity (Wildman–Crippen MR) is 67.2 cm³/mol. The van der Waals surface area contributed by atoms with Gasteiger partial charge in [0.2, 0.25) is 0 Å². The van der Waals surface area contributed by atoms with Gasteiger partial charge in [0.25, 0.3) is 0 Å². The standard InChI is InChI=1S/C13H17N3/c1-9(2)16-13(4-5-15-16)11-6-10(3)7-12(14)8-11/h4-9H,14H2,1-3H3. The first-order valence-corrected chi connectivity index (χ1v) is 5.49. The summed E-state index contributed by atoms with van der Waals surface area (Å²) in [5.41, 5.74) is 10.1. The molecule has 0 fully saturated rings. The summed E-state index contributed by atoms with van der Waals surface area (Å²) in [6, 6.07) is 8.47. The molecule has 0 radical (unpaired) electrons. The van der Waals surface area contributed by atoms with Gasteiger partial charge >= 0.3 is 0 Å². The summed E-state index contributed by atoms with van der Waals surface area (Å²) in [7, 11) is 0. The molecule has 84 valence electrons. The average Bonchev–Trinajstić information content (AvgIpc) is 2.63. The van der Waals surface area contributed by atoms with Crippen molar-refractivity contribution in [2.24, 2.45) is 0 Å². The Bertz CT molecular complexity index is 477. The van der Waals surface area contributed by atoms with Gasteiger partial charge in [0.05, 0.1) is 5.69 Å². The highest BCUT2D eigenvalue weighted by molar-refractivity contribution is 5.65. The summed E-state index contributed by atoms with van der Waals surface area (Å²) in [6.45, 7) is 6.29. The van der Waals surface area contributed by atoms with Gasteiger partial charge in [0.1, 0.15) is 0 Å². The molecule has 0 saturated heterocycles. The Balaban J connectivity index is 2.54. The van der Waals surface area contributed by atoms with Crippen LogP contribution >= 0.6 is 0 Å². The van der Waals surface area contributed by atoms with Crippen molar-refractivity contribution >= 4 is 5.69 Å². The molecule has 1 aromatic carbocycles. The molecule has 0 aliphatic rings. The van der Waals surface area contributed by atoms with Crippen LogP contribution in [0.2, 0.25) is 0 Å². The minimum atomic E-state index is 0.353. The lowest BCUT2D eigenvalue weighted by Crippen LogP contribution is -2.04. The Labute approximate surface area is 95.9 Å². The smallest absolute Gasteiger partial charge is 0.0686 e. The number of aryl methyl sites for hydroxylation is 1. The third kappa shape index (κ3) is 1.94. The van der Waals surface area contributed by atoms with Crippen molar-refractivity contribution in [3.05, 3.63) is 36.0 Å². The van der Waals surface area contributed by atoms with Gasteiger partial charge in [0, 0.05) is 23.5 Å². The highest BCUT2D eigenvalue weighted by atomic mass is 15.3. The second kappa shape index (κ2) is 4.00. The second-order valence-corrected chi connectivity index (χ2v) is 4.39. The molecular weight excluding hydrogens is 198 g/mol. The maximum absolute atomic E-state index is 5.86. The number of benzene rings is 1. The minimum Gasteiger partial charge on any atom is -0.399 e. The molecule has 0 bridgehead atoms. The van der Waals surface area contributed by atoms with E-state index in [4.69, 9.17) is 5.73 Å². The van der Waals surface area contributed by atoms with Crippen molar-refractivity contribution in [1.82, 2.24) is 9.78 Å². The molecule has 2 N–H and O–H groups in total. The second-order valence-electron chi connectivity index (χ2n) is 4.39. The van der Waals surface area contributed by atoms with E-state index < -0.39 is 0 Å². The molecule has 0 aliphatic heterocycles. The van der Waals surface area contributed by atoms with Crippen molar-refractivity contribution in [1.29, 1.82) is 0 Å². The fourth-order valence-corrected chi connectivity index (χ4v) is 1.91. The van der Waals surface area contributed by atoms with Crippen LogP contribution in [0.15, 0.2) is 30.5 Å². The average molecular weight is 215 g/mol. The lowest BCUT2D eigenvalue weighted by Gasteiger charge is -2.12. The third-order valence-electron chi connectivity index (χ3n) is 2.55. The number of nitrogens with two attached hydrogens (primary N) is 1. The van der Waals surface area contributed by atoms with Crippen molar-refractivity contribution in [3.8, 4) is 11.3 Å². The molecule has 0 aliphatic carbocycles. The lowest BCUT2D eigenvalue weighted by atomic mass is 10.1. The first-order chi connectivity index (χ1) is 7.58. The topological polar surface area (TPSA) is 43.8 Å². The zero-order valence-electron chi connectivity index (χ0n) is 9.94. The Hall–Kier alpha value is -1.77. The van der Waals surface area contributed by atoms with Gasteiger partial charge in [-0.15, -0.1) is 0 Å². The van der Waals surface area contributed by atoms with Crippen LogP contribution in [-0.4, -0.2) is 9.78 Å². The number of nitrogen functional groups attached to an aromatic ring is 1. The van der Waals surface area contributed by atoms with E-state index in [1.165, 1.54) is 5.56 Å². The molecule has 3 nitrogen and oxygen atoms in total.